The summed E-state index contributed by atoms with van der Waals surface area (Å²) >= 11 is 12.8. The van der Waals surface area contributed by atoms with Gasteiger partial charge in [0.05, 0.1) is 16.6 Å². The molecular weight excluding hydrogens is 315 g/mol. The summed E-state index contributed by atoms with van der Waals surface area (Å²) in [5.41, 5.74) is 0.389. The van der Waals surface area contributed by atoms with Crippen molar-refractivity contribution in [3.05, 3.63) is 51.4 Å². The van der Waals surface area contributed by atoms with Crippen molar-refractivity contribution in [2.24, 2.45) is 0 Å². The Morgan fingerprint density at radius 1 is 1.35 bits per heavy atom. The van der Waals surface area contributed by atoms with Gasteiger partial charge >= 0.3 is 0 Å². The van der Waals surface area contributed by atoms with Gasteiger partial charge in [0, 0.05) is 11.4 Å². The highest BCUT2D eigenvalue weighted by atomic mass is 35.5. The molecule has 0 fully saturated rings. The van der Waals surface area contributed by atoms with E-state index in [1.165, 1.54) is 17.4 Å². The van der Waals surface area contributed by atoms with Crippen molar-refractivity contribution in [3.63, 3.8) is 0 Å². The number of thiophene rings is 1. The van der Waals surface area contributed by atoms with Gasteiger partial charge in [-0.25, -0.2) is 4.39 Å². The van der Waals surface area contributed by atoms with E-state index in [4.69, 9.17) is 23.8 Å². The molecule has 0 saturated carbocycles. The summed E-state index contributed by atoms with van der Waals surface area (Å²) in [5.74, 6) is -0.315. The first-order valence-electron chi connectivity index (χ1n) is 6.15. The monoisotopic (exact) mass is 328 g/mol. The number of anilines is 1. The molecule has 0 aliphatic carbocycles. The third-order valence-corrected chi connectivity index (χ3v) is 4.34. The first-order chi connectivity index (χ1) is 9.60. The number of nitrogens with one attached hydrogen (secondary N) is 1. The quantitative estimate of drug-likeness (QED) is 0.815. The number of halogens is 2. The zero-order valence-corrected chi connectivity index (χ0v) is 13.3. The molecule has 1 aromatic heterocycles. The lowest BCUT2D eigenvalue weighted by Crippen LogP contribution is -2.34. The van der Waals surface area contributed by atoms with Crippen molar-refractivity contribution in [1.29, 1.82) is 0 Å². The number of nitrogens with zero attached hydrogens (tertiary/aromatic N) is 1. The van der Waals surface area contributed by atoms with Gasteiger partial charge in [0.2, 0.25) is 0 Å². The summed E-state index contributed by atoms with van der Waals surface area (Å²) in [6, 6.07) is 10.3. The minimum atomic E-state index is -0.315. The van der Waals surface area contributed by atoms with Gasteiger partial charge in [0.1, 0.15) is 5.82 Å². The molecule has 0 amide bonds. The number of rotatable bonds is 4. The fourth-order valence-electron chi connectivity index (χ4n) is 1.71. The van der Waals surface area contributed by atoms with Crippen LogP contribution in [0.1, 0.15) is 11.8 Å². The molecule has 2 rings (SSSR count). The zero-order chi connectivity index (χ0) is 14.5. The molecule has 0 bridgehead atoms. The Morgan fingerprint density at radius 3 is 2.70 bits per heavy atom. The smallest absolute Gasteiger partial charge is 0.173 e. The first-order valence-corrected chi connectivity index (χ1v) is 7.75. The van der Waals surface area contributed by atoms with Gasteiger partial charge in [-0.1, -0.05) is 23.7 Å². The molecule has 0 radical (unpaired) electrons. The molecule has 0 aliphatic rings. The molecule has 6 heteroatoms. The van der Waals surface area contributed by atoms with Gasteiger partial charge in [-0.15, -0.1) is 11.3 Å². The van der Waals surface area contributed by atoms with Gasteiger partial charge in [-0.3, -0.25) is 0 Å². The van der Waals surface area contributed by atoms with Crippen LogP contribution in [0.15, 0.2) is 36.4 Å². The number of benzene rings is 1. The van der Waals surface area contributed by atoms with Crippen LogP contribution < -0.4 is 5.32 Å². The third kappa shape index (κ3) is 3.91. The van der Waals surface area contributed by atoms with Crippen LogP contribution in [0.25, 0.3) is 0 Å². The van der Waals surface area contributed by atoms with Crippen LogP contribution in [-0.2, 0) is 6.54 Å². The van der Waals surface area contributed by atoms with E-state index >= 15 is 0 Å². The molecule has 0 unspecified atom stereocenters. The zero-order valence-electron chi connectivity index (χ0n) is 10.9. The highest BCUT2D eigenvalue weighted by molar-refractivity contribution is 7.80. The largest absolute Gasteiger partial charge is 0.344 e. The second kappa shape index (κ2) is 7.02. The van der Waals surface area contributed by atoms with Gasteiger partial charge in [0.25, 0.3) is 0 Å². The van der Waals surface area contributed by atoms with Crippen LogP contribution >= 0.6 is 35.2 Å². The fraction of sp³-hybridized carbons (Fsp3) is 0.214. The lowest BCUT2D eigenvalue weighted by atomic mass is 10.3. The molecule has 0 aliphatic heterocycles. The van der Waals surface area contributed by atoms with Crippen LogP contribution in [-0.4, -0.2) is 16.6 Å². The van der Waals surface area contributed by atoms with E-state index in [1.807, 2.05) is 24.0 Å². The van der Waals surface area contributed by atoms with E-state index in [2.05, 4.69) is 5.32 Å². The molecule has 1 N–H and O–H groups in total. The van der Waals surface area contributed by atoms with Crippen LogP contribution in [0.2, 0.25) is 4.34 Å². The van der Waals surface area contributed by atoms with Crippen molar-refractivity contribution in [2.75, 3.05) is 11.9 Å². The maximum atomic E-state index is 13.6. The first kappa shape index (κ1) is 15.2. The molecule has 1 aromatic carbocycles. The van der Waals surface area contributed by atoms with Crippen LogP contribution in [0, 0.1) is 5.82 Å². The third-order valence-electron chi connectivity index (χ3n) is 2.76. The Bertz CT molecular complexity index is 600. The Balaban J connectivity index is 2.04. The molecular formula is C14H14ClFN2S2. The summed E-state index contributed by atoms with van der Waals surface area (Å²) < 4.78 is 14.3. The molecule has 1 heterocycles. The molecule has 0 atom stereocenters. The molecule has 2 nitrogen and oxygen atoms in total. The van der Waals surface area contributed by atoms with E-state index in [0.29, 0.717) is 17.3 Å². The van der Waals surface area contributed by atoms with Gasteiger partial charge in [-0.2, -0.15) is 0 Å². The topological polar surface area (TPSA) is 15.3 Å². The second-order valence-corrected chi connectivity index (χ2v) is 6.32. The molecule has 106 valence electrons. The predicted octanol–water partition coefficient (Wildman–Crippen LogP) is 4.76. The summed E-state index contributed by atoms with van der Waals surface area (Å²) in [7, 11) is 0. The van der Waals surface area contributed by atoms with Crippen molar-refractivity contribution in [3.8, 4) is 0 Å². The van der Waals surface area contributed by atoms with Crippen LogP contribution in [0.4, 0.5) is 10.1 Å². The lowest BCUT2D eigenvalue weighted by molar-refractivity contribution is 0.446. The second-order valence-electron chi connectivity index (χ2n) is 4.13. The normalized spacial score (nSPS) is 10.3. The van der Waals surface area contributed by atoms with Gasteiger partial charge < -0.3 is 10.2 Å². The Hall–Kier alpha value is -1.17. The highest BCUT2D eigenvalue weighted by Crippen LogP contribution is 2.23. The van der Waals surface area contributed by atoms with Crippen LogP contribution in [0.3, 0.4) is 0 Å². The van der Waals surface area contributed by atoms with Crippen molar-refractivity contribution >= 4 is 46.0 Å². The van der Waals surface area contributed by atoms with Crippen molar-refractivity contribution < 1.29 is 4.39 Å². The maximum Gasteiger partial charge on any atom is 0.173 e. The Morgan fingerprint density at radius 2 is 2.10 bits per heavy atom. The SMILES string of the molecule is CCN(Cc1ccc(Cl)s1)C(=S)Nc1ccccc1F. The van der Waals surface area contributed by atoms with E-state index in [9.17, 15) is 4.39 Å². The van der Waals surface area contributed by atoms with Crippen LogP contribution in [0.5, 0.6) is 0 Å². The Kier molecular flexibility index (Phi) is 5.34. The van der Waals surface area contributed by atoms with Crippen molar-refractivity contribution in [1.82, 2.24) is 4.90 Å². The summed E-state index contributed by atoms with van der Waals surface area (Å²) in [6.07, 6.45) is 0. The van der Waals surface area contributed by atoms with Gasteiger partial charge in [0.15, 0.2) is 5.11 Å². The predicted molar refractivity (Wildman–Crippen MR) is 88.0 cm³/mol. The fourth-order valence-corrected chi connectivity index (χ4v) is 3.12. The van der Waals surface area contributed by atoms with E-state index in [1.54, 1.807) is 18.2 Å². The molecule has 0 saturated heterocycles. The van der Waals surface area contributed by atoms with Crippen molar-refractivity contribution in [2.45, 2.75) is 13.5 Å². The standard InChI is InChI=1S/C14H14ClFN2S2/c1-2-18(9-10-7-8-13(15)20-10)14(19)17-12-6-4-3-5-11(12)16/h3-8H,2,9H2,1H3,(H,17,19). The van der Waals surface area contributed by atoms with E-state index in [-0.39, 0.29) is 5.82 Å². The number of hydrogen-bond acceptors (Lipinski definition) is 2. The van der Waals surface area contributed by atoms with E-state index in [0.717, 1.165) is 15.8 Å². The maximum absolute atomic E-state index is 13.6. The minimum Gasteiger partial charge on any atom is -0.344 e. The van der Waals surface area contributed by atoms with Gasteiger partial charge in [-0.05, 0) is 43.4 Å². The number of hydrogen-bond donors (Lipinski definition) is 1. The number of para-hydroxylation sites is 1. The molecule has 0 spiro atoms. The summed E-state index contributed by atoms with van der Waals surface area (Å²) in [4.78, 5) is 3.08. The molecule has 2 aromatic rings. The lowest BCUT2D eigenvalue weighted by Gasteiger charge is -2.23. The molecule has 20 heavy (non-hydrogen) atoms. The van der Waals surface area contributed by atoms with E-state index < -0.39 is 0 Å². The highest BCUT2D eigenvalue weighted by Gasteiger charge is 2.11. The summed E-state index contributed by atoms with van der Waals surface area (Å²) in [6.45, 7) is 3.40. The number of thiocarbonyl (C=S) groups is 1. The average molecular weight is 329 g/mol. The Labute approximate surface area is 132 Å². The minimum absolute atomic E-state index is 0.315. The average Bonchev–Trinajstić information content (AvgIpc) is 2.84. The summed E-state index contributed by atoms with van der Waals surface area (Å²) in [5, 5.41) is 3.44.